The van der Waals surface area contributed by atoms with Crippen LogP contribution >= 0.6 is 0 Å². The van der Waals surface area contributed by atoms with Crippen molar-refractivity contribution < 1.29 is 23.4 Å². The van der Waals surface area contributed by atoms with E-state index < -0.39 is 23.4 Å². The van der Waals surface area contributed by atoms with Crippen molar-refractivity contribution in [3.05, 3.63) is 53.9 Å². The lowest BCUT2D eigenvalue weighted by Crippen LogP contribution is -2.01. The van der Waals surface area contributed by atoms with Crippen LogP contribution in [0.3, 0.4) is 0 Å². The summed E-state index contributed by atoms with van der Waals surface area (Å²) in [7, 11) is 0. The Morgan fingerprint density at radius 1 is 1.22 bits per heavy atom. The van der Waals surface area contributed by atoms with Crippen LogP contribution in [0.4, 0.5) is 8.78 Å². The first-order chi connectivity index (χ1) is 8.59. The van der Waals surface area contributed by atoms with E-state index in [0.717, 1.165) is 12.3 Å². The van der Waals surface area contributed by atoms with Crippen LogP contribution in [0.15, 0.2) is 36.7 Å². The van der Waals surface area contributed by atoms with Crippen molar-refractivity contribution in [1.29, 1.82) is 0 Å². The quantitative estimate of drug-likeness (QED) is 0.911. The van der Waals surface area contributed by atoms with E-state index in [4.69, 9.17) is 9.84 Å². The van der Waals surface area contributed by atoms with Gasteiger partial charge in [0.05, 0.1) is 6.20 Å². The fourth-order valence-electron chi connectivity index (χ4n) is 1.32. The van der Waals surface area contributed by atoms with E-state index in [-0.39, 0.29) is 11.3 Å². The Bertz CT molecular complexity index is 602. The van der Waals surface area contributed by atoms with Crippen LogP contribution in [-0.4, -0.2) is 16.1 Å². The molecule has 1 N–H and O–H groups in total. The Labute approximate surface area is 100 Å². The summed E-state index contributed by atoms with van der Waals surface area (Å²) in [5.74, 6) is -4.06. The van der Waals surface area contributed by atoms with E-state index in [1.807, 2.05) is 0 Å². The van der Waals surface area contributed by atoms with Gasteiger partial charge in [-0.1, -0.05) is 6.07 Å². The predicted molar refractivity (Wildman–Crippen MR) is 57.6 cm³/mol. The summed E-state index contributed by atoms with van der Waals surface area (Å²) in [6.07, 6.45) is 2.38. The third-order valence-electron chi connectivity index (χ3n) is 2.15. The molecule has 0 fully saturated rings. The number of aromatic nitrogens is 1. The van der Waals surface area contributed by atoms with E-state index in [2.05, 4.69) is 4.98 Å². The molecule has 0 unspecified atom stereocenters. The number of carboxylic acid groups (broad SMARTS) is 1. The number of rotatable bonds is 3. The van der Waals surface area contributed by atoms with Crippen LogP contribution in [0.25, 0.3) is 0 Å². The monoisotopic (exact) mass is 251 g/mol. The van der Waals surface area contributed by atoms with Crippen molar-refractivity contribution >= 4 is 5.97 Å². The molecule has 2 aromatic rings. The fraction of sp³-hybridized carbons (Fsp3) is 0. The predicted octanol–water partition coefficient (Wildman–Crippen LogP) is 2.85. The van der Waals surface area contributed by atoms with Gasteiger partial charge in [0.15, 0.2) is 17.3 Å². The summed E-state index contributed by atoms with van der Waals surface area (Å²) >= 11 is 0. The molecule has 6 heteroatoms. The number of carboxylic acids is 1. The van der Waals surface area contributed by atoms with E-state index in [0.29, 0.717) is 0 Å². The minimum Gasteiger partial charge on any atom is -0.478 e. The average Bonchev–Trinajstić information content (AvgIpc) is 2.35. The van der Waals surface area contributed by atoms with Gasteiger partial charge in [-0.05, 0) is 18.2 Å². The lowest BCUT2D eigenvalue weighted by Gasteiger charge is -2.08. The molecular weight excluding hydrogens is 244 g/mol. The summed E-state index contributed by atoms with van der Waals surface area (Å²) in [6.45, 7) is 0. The van der Waals surface area contributed by atoms with Gasteiger partial charge >= 0.3 is 5.97 Å². The molecule has 0 saturated heterocycles. The molecule has 4 nitrogen and oxygen atoms in total. The molecule has 1 heterocycles. The number of benzene rings is 1. The number of aromatic carboxylic acids is 1. The standard InChI is InChI=1S/C12H7F2NO3/c13-8-2-1-3-9(11(8)14)18-10-6-15-5-4-7(10)12(16)17/h1-6H,(H,16,17). The topological polar surface area (TPSA) is 59.4 Å². The van der Waals surface area contributed by atoms with Crippen LogP contribution < -0.4 is 4.74 Å². The normalized spacial score (nSPS) is 10.1. The summed E-state index contributed by atoms with van der Waals surface area (Å²) in [5, 5.41) is 8.89. The van der Waals surface area contributed by atoms with Crippen molar-refractivity contribution in [2.24, 2.45) is 0 Å². The van der Waals surface area contributed by atoms with Gasteiger partial charge in [0.25, 0.3) is 0 Å². The van der Waals surface area contributed by atoms with E-state index in [9.17, 15) is 13.6 Å². The zero-order valence-corrected chi connectivity index (χ0v) is 8.93. The molecule has 18 heavy (non-hydrogen) atoms. The second-order valence-electron chi connectivity index (χ2n) is 3.33. The molecule has 0 aliphatic rings. The third-order valence-corrected chi connectivity index (χ3v) is 2.15. The second-order valence-corrected chi connectivity index (χ2v) is 3.33. The second kappa shape index (κ2) is 4.79. The van der Waals surface area contributed by atoms with Crippen LogP contribution in [0.2, 0.25) is 0 Å². The van der Waals surface area contributed by atoms with Crippen molar-refractivity contribution in [2.45, 2.75) is 0 Å². The van der Waals surface area contributed by atoms with Crippen molar-refractivity contribution in [3.8, 4) is 11.5 Å². The van der Waals surface area contributed by atoms with Gasteiger partial charge in [-0.3, -0.25) is 4.98 Å². The highest BCUT2D eigenvalue weighted by Crippen LogP contribution is 2.27. The summed E-state index contributed by atoms with van der Waals surface area (Å²) in [6, 6.07) is 4.58. The van der Waals surface area contributed by atoms with E-state index in [1.54, 1.807) is 0 Å². The number of ether oxygens (including phenoxy) is 1. The van der Waals surface area contributed by atoms with Gasteiger partial charge in [0.1, 0.15) is 5.56 Å². The maximum atomic E-state index is 13.4. The lowest BCUT2D eigenvalue weighted by molar-refractivity contribution is 0.0694. The SMILES string of the molecule is O=C(O)c1ccncc1Oc1cccc(F)c1F. The minimum absolute atomic E-state index is 0.158. The van der Waals surface area contributed by atoms with E-state index >= 15 is 0 Å². The molecule has 0 bridgehead atoms. The van der Waals surface area contributed by atoms with Crippen molar-refractivity contribution in [1.82, 2.24) is 4.98 Å². The van der Waals surface area contributed by atoms with Gasteiger partial charge in [0.2, 0.25) is 5.82 Å². The summed E-state index contributed by atoms with van der Waals surface area (Å²) in [4.78, 5) is 14.6. The molecular formula is C12H7F2NO3. The molecule has 0 radical (unpaired) electrons. The minimum atomic E-state index is -1.25. The molecule has 1 aromatic carbocycles. The van der Waals surface area contributed by atoms with Crippen molar-refractivity contribution in [2.75, 3.05) is 0 Å². The Hall–Kier alpha value is -2.50. The highest BCUT2D eigenvalue weighted by molar-refractivity contribution is 5.90. The lowest BCUT2D eigenvalue weighted by atomic mass is 10.2. The average molecular weight is 251 g/mol. The smallest absolute Gasteiger partial charge is 0.339 e. The van der Waals surface area contributed by atoms with Gasteiger partial charge in [-0.25, -0.2) is 9.18 Å². The van der Waals surface area contributed by atoms with Crippen LogP contribution in [0.5, 0.6) is 11.5 Å². The Kier molecular flexibility index (Phi) is 3.18. The third kappa shape index (κ3) is 2.27. The maximum absolute atomic E-state index is 13.4. The van der Waals surface area contributed by atoms with Crippen molar-refractivity contribution in [3.63, 3.8) is 0 Å². The Balaban J connectivity index is 2.40. The van der Waals surface area contributed by atoms with Gasteiger partial charge in [-0.2, -0.15) is 4.39 Å². The number of halogens is 2. The number of pyridine rings is 1. The molecule has 0 aliphatic carbocycles. The first-order valence-electron chi connectivity index (χ1n) is 4.89. The van der Waals surface area contributed by atoms with Crippen LogP contribution in [0.1, 0.15) is 10.4 Å². The van der Waals surface area contributed by atoms with E-state index in [1.165, 1.54) is 24.4 Å². The zero-order valence-electron chi connectivity index (χ0n) is 8.93. The van der Waals surface area contributed by atoms with Crippen LogP contribution in [0, 0.1) is 11.6 Å². The fourth-order valence-corrected chi connectivity index (χ4v) is 1.32. The Morgan fingerprint density at radius 3 is 2.72 bits per heavy atom. The number of carbonyl (C=O) groups is 1. The number of hydrogen-bond acceptors (Lipinski definition) is 3. The van der Waals surface area contributed by atoms with Gasteiger partial charge in [0, 0.05) is 6.20 Å². The first-order valence-corrected chi connectivity index (χ1v) is 4.89. The molecule has 92 valence electrons. The zero-order chi connectivity index (χ0) is 13.1. The Morgan fingerprint density at radius 2 is 2.00 bits per heavy atom. The van der Waals surface area contributed by atoms with Gasteiger partial charge < -0.3 is 9.84 Å². The molecule has 0 atom stereocenters. The first kappa shape index (κ1) is 12.0. The number of nitrogens with zero attached hydrogens (tertiary/aromatic N) is 1. The molecule has 0 saturated carbocycles. The maximum Gasteiger partial charge on any atom is 0.339 e. The number of hydrogen-bond donors (Lipinski definition) is 1. The molecule has 2 rings (SSSR count). The van der Waals surface area contributed by atoms with Gasteiger partial charge in [-0.15, -0.1) is 0 Å². The highest BCUT2D eigenvalue weighted by Gasteiger charge is 2.15. The molecule has 0 aliphatic heterocycles. The summed E-state index contributed by atoms with van der Waals surface area (Å²) in [5.41, 5.74) is -0.186. The summed E-state index contributed by atoms with van der Waals surface area (Å²) < 4.78 is 31.3. The molecule has 0 amide bonds. The molecule has 1 aromatic heterocycles. The highest BCUT2D eigenvalue weighted by atomic mass is 19.2. The van der Waals surface area contributed by atoms with Crippen LogP contribution in [-0.2, 0) is 0 Å². The largest absolute Gasteiger partial charge is 0.478 e. The molecule has 0 spiro atoms.